The van der Waals surface area contributed by atoms with E-state index in [1.165, 1.54) is 7.11 Å². The number of hydrogen-bond donors (Lipinski definition) is 1. The van der Waals surface area contributed by atoms with Gasteiger partial charge < -0.3 is 20.1 Å². The van der Waals surface area contributed by atoms with Gasteiger partial charge in [-0.25, -0.2) is 0 Å². The van der Waals surface area contributed by atoms with E-state index in [1.54, 1.807) is 11.1 Å². The lowest BCUT2D eigenvalue weighted by atomic mass is 10.3. The van der Waals surface area contributed by atoms with Gasteiger partial charge in [0.2, 0.25) is 5.91 Å². The van der Waals surface area contributed by atoms with Crippen LogP contribution in [0.4, 0.5) is 0 Å². The second-order valence-corrected chi connectivity index (χ2v) is 4.89. The number of nitrogens with zero attached hydrogens (tertiary/aromatic N) is 2. The molecule has 2 rings (SSSR count). The van der Waals surface area contributed by atoms with Gasteiger partial charge in [-0.2, -0.15) is 0 Å². The fraction of sp³-hybridized carbons (Fsp3) is 0.571. The number of methoxy groups -OCH3 is 1. The number of likely N-dealkylation sites (tertiary alicyclic amines) is 1. The van der Waals surface area contributed by atoms with Crippen LogP contribution >= 0.6 is 0 Å². The molecule has 1 saturated heterocycles. The van der Waals surface area contributed by atoms with E-state index >= 15 is 0 Å². The summed E-state index contributed by atoms with van der Waals surface area (Å²) in [5.74, 6) is -0.0733. The van der Waals surface area contributed by atoms with Gasteiger partial charge in [0, 0.05) is 26.4 Å². The molecule has 2 atom stereocenters. The maximum absolute atomic E-state index is 12.0. The van der Waals surface area contributed by atoms with Gasteiger partial charge in [-0.15, -0.1) is 0 Å². The van der Waals surface area contributed by atoms with Crippen molar-refractivity contribution in [1.82, 2.24) is 9.88 Å². The molecule has 1 aliphatic rings. The van der Waals surface area contributed by atoms with Gasteiger partial charge in [0.15, 0.2) is 0 Å². The van der Waals surface area contributed by atoms with Crippen LogP contribution in [0.25, 0.3) is 0 Å². The second kappa shape index (κ2) is 7.33. The van der Waals surface area contributed by atoms with Gasteiger partial charge in [0.1, 0.15) is 6.04 Å². The first kappa shape index (κ1) is 14.9. The Hall–Kier alpha value is -1.50. The van der Waals surface area contributed by atoms with Crippen molar-refractivity contribution in [2.45, 2.75) is 25.2 Å². The molecule has 6 heteroatoms. The smallest absolute Gasteiger partial charge is 0.241 e. The number of aromatic nitrogens is 1. The quantitative estimate of drug-likeness (QED) is 0.803. The van der Waals surface area contributed by atoms with Crippen molar-refractivity contribution in [1.29, 1.82) is 0 Å². The summed E-state index contributed by atoms with van der Waals surface area (Å²) in [7, 11) is 1.54. The molecule has 2 heterocycles. The number of amides is 1. The van der Waals surface area contributed by atoms with Crippen molar-refractivity contribution in [3.05, 3.63) is 30.1 Å². The summed E-state index contributed by atoms with van der Waals surface area (Å²) in [4.78, 5) is 18.0. The summed E-state index contributed by atoms with van der Waals surface area (Å²) < 4.78 is 10.7. The summed E-state index contributed by atoms with van der Waals surface area (Å²) in [6, 6.07) is 5.14. The highest BCUT2D eigenvalue weighted by Gasteiger charge is 2.29. The Kier molecular flexibility index (Phi) is 5.46. The van der Waals surface area contributed by atoms with Crippen LogP contribution in [-0.2, 0) is 20.9 Å². The molecule has 6 nitrogen and oxygen atoms in total. The SMILES string of the molecule is COCC(N)C(=O)N1CCC(OCc2ccccn2)C1. The molecular formula is C14H21N3O3. The van der Waals surface area contributed by atoms with Crippen molar-refractivity contribution < 1.29 is 14.3 Å². The molecule has 1 aromatic rings. The number of carbonyl (C=O) groups is 1. The third-order valence-electron chi connectivity index (χ3n) is 3.31. The molecule has 0 spiro atoms. The Morgan fingerprint density at radius 1 is 1.60 bits per heavy atom. The minimum atomic E-state index is -0.588. The number of pyridine rings is 1. The van der Waals surface area contributed by atoms with E-state index < -0.39 is 6.04 Å². The molecule has 1 aliphatic heterocycles. The molecule has 0 radical (unpaired) electrons. The highest BCUT2D eigenvalue weighted by Crippen LogP contribution is 2.15. The highest BCUT2D eigenvalue weighted by molar-refractivity contribution is 5.82. The van der Waals surface area contributed by atoms with Crippen LogP contribution in [-0.4, -0.2) is 54.7 Å². The van der Waals surface area contributed by atoms with Crippen LogP contribution in [0.3, 0.4) is 0 Å². The van der Waals surface area contributed by atoms with Gasteiger partial charge in [-0.1, -0.05) is 6.07 Å². The highest BCUT2D eigenvalue weighted by atomic mass is 16.5. The molecule has 0 aliphatic carbocycles. The number of rotatable bonds is 6. The van der Waals surface area contributed by atoms with Crippen LogP contribution in [0.5, 0.6) is 0 Å². The molecule has 1 fully saturated rings. The maximum Gasteiger partial charge on any atom is 0.241 e. The second-order valence-electron chi connectivity index (χ2n) is 4.89. The number of hydrogen-bond acceptors (Lipinski definition) is 5. The lowest BCUT2D eigenvalue weighted by molar-refractivity contribution is -0.133. The largest absolute Gasteiger partial charge is 0.383 e. The zero-order valence-corrected chi connectivity index (χ0v) is 11.7. The molecule has 1 aromatic heterocycles. The van der Waals surface area contributed by atoms with Crippen LogP contribution in [0, 0.1) is 0 Å². The number of nitrogens with two attached hydrogens (primary N) is 1. The molecule has 2 N–H and O–H groups in total. The molecule has 110 valence electrons. The van der Waals surface area contributed by atoms with E-state index in [0.717, 1.165) is 12.1 Å². The average molecular weight is 279 g/mol. The minimum Gasteiger partial charge on any atom is -0.383 e. The van der Waals surface area contributed by atoms with Crippen molar-refractivity contribution in [2.75, 3.05) is 26.8 Å². The predicted molar refractivity (Wildman–Crippen MR) is 73.9 cm³/mol. The van der Waals surface area contributed by atoms with Crippen molar-refractivity contribution in [3.63, 3.8) is 0 Å². The minimum absolute atomic E-state index is 0.0516. The summed E-state index contributed by atoms with van der Waals surface area (Å²) in [5, 5.41) is 0. The van der Waals surface area contributed by atoms with E-state index in [9.17, 15) is 4.79 Å². The van der Waals surface area contributed by atoms with Crippen LogP contribution < -0.4 is 5.73 Å². The fourth-order valence-corrected chi connectivity index (χ4v) is 2.24. The summed E-state index contributed by atoms with van der Waals surface area (Å²) in [6.45, 7) is 1.98. The van der Waals surface area contributed by atoms with Crippen LogP contribution in [0.1, 0.15) is 12.1 Å². The topological polar surface area (TPSA) is 77.7 Å². The van der Waals surface area contributed by atoms with Crippen molar-refractivity contribution in [2.24, 2.45) is 5.73 Å². The monoisotopic (exact) mass is 279 g/mol. The number of ether oxygens (including phenoxy) is 2. The number of carbonyl (C=O) groups excluding carboxylic acids is 1. The molecule has 0 bridgehead atoms. The Morgan fingerprint density at radius 2 is 2.45 bits per heavy atom. The lowest BCUT2D eigenvalue weighted by Gasteiger charge is -2.20. The molecule has 0 aromatic carbocycles. The standard InChI is InChI=1S/C14H21N3O3/c1-19-10-13(15)14(18)17-7-5-12(8-17)20-9-11-4-2-3-6-16-11/h2-4,6,12-13H,5,7-10,15H2,1H3. The maximum atomic E-state index is 12.0. The van der Waals surface area contributed by atoms with Crippen LogP contribution in [0.2, 0.25) is 0 Å². The lowest BCUT2D eigenvalue weighted by Crippen LogP contribution is -2.45. The molecular weight excluding hydrogens is 258 g/mol. The molecule has 0 saturated carbocycles. The van der Waals surface area contributed by atoms with Crippen molar-refractivity contribution in [3.8, 4) is 0 Å². The van der Waals surface area contributed by atoms with E-state index in [2.05, 4.69) is 4.98 Å². The first-order valence-corrected chi connectivity index (χ1v) is 6.75. The summed E-state index contributed by atoms with van der Waals surface area (Å²) >= 11 is 0. The third-order valence-corrected chi connectivity index (χ3v) is 3.31. The van der Waals surface area contributed by atoms with Gasteiger partial charge in [0.25, 0.3) is 0 Å². The summed E-state index contributed by atoms with van der Waals surface area (Å²) in [5.41, 5.74) is 6.65. The van der Waals surface area contributed by atoms with E-state index in [4.69, 9.17) is 15.2 Å². The van der Waals surface area contributed by atoms with E-state index in [0.29, 0.717) is 19.7 Å². The van der Waals surface area contributed by atoms with Gasteiger partial charge in [-0.3, -0.25) is 9.78 Å². The van der Waals surface area contributed by atoms with Gasteiger partial charge >= 0.3 is 0 Å². The Balaban J connectivity index is 1.76. The van der Waals surface area contributed by atoms with Crippen molar-refractivity contribution >= 4 is 5.91 Å². The first-order valence-electron chi connectivity index (χ1n) is 6.75. The predicted octanol–water partition coefficient (Wildman–Crippen LogP) is 0.173. The summed E-state index contributed by atoms with van der Waals surface area (Å²) in [6.07, 6.45) is 2.63. The normalized spacial score (nSPS) is 20.1. The fourth-order valence-electron chi connectivity index (χ4n) is 2.24. The Morgan fingerprint density at radius 3 is 3.15 bits per heavy atom. The van der Waals surface area contributed by atoms with Crippen LogP contribution in [0.15, 0.2) is 24.4 Å². The average Bonchev–Trinajstić information content (AvgIpc) is 2.94. The Labute approximate surface area is 118 Å². The zero-order valence-electron chi connectivity index (χ0n) is 11.7. The zero-order chi connectivity index (χ0) is 14.4. The van der Waals surface area contributed by atoms with Gasteiger partial charge in [-0.05, 0) is 18.6 Å². The Bertz CT molecular complexity index is 427. The third kappa shape index (κ3) is 4.00. The first-order chi connectivity index (χ1) is 9.70. The molecule has 2 unspecified atom stereocenters. The van der Waals surface area contributed by atoms with E-state index in [-0.39, 0.29) is 18.6 Å². The molecule has 20 heavy (non-hydrogen) atoms. The molecule has 1 amide bonds. The van der Waals surface area contributed by atoms with E-state index in [1.807, 2.05) is 18.2 Å². The van der Waals surface area contributed by atoms with Gasteiger partial charge in [0.05, 0.1) is 25.0 Å².